The number of hydrogen-bond donors (Lipinski definition) is 3. The number of aryl methyl sites for hydroxylation is 1. The average Bonchev–Trinajstić information content (AvgIpc) is 3.32. The zero-order valence-corrected chi connectivity index (χ0v) is 19.2. The second kappa shape index (κ2) is 9.24. The number of nitrogens with two attached hydrogens (primary N) is 2. The Morgan fingerprint density at radius 3 is 2.74 bits per heavy atom. The van der Waals surface area contributed by atoms with Gasteiger partial charge in [0.25, 0.3) is 0 Å². The number of fused-ring (bicyclic) bond motifs is 1. The van der Waals surface area contributed by atoms with Crippen LogP contribution in [0.5, 0.6) is 5.75 Å². The number of aliphatic imine (C=N–C) groups is 1. The largest absolute Gasteiger partial charge is 0.858 e. The van der Waals surface area contributed by atoms with Crippen molar-refractivity contribution in [2.75, 3.05) is 18.1 Å². The van der Waals surface area contributed by atoms with Crippen LogP contribution in [0.3, 0.4) is 0 Å². The van der Waals surface area contributed by atoms with Gasteiger partial charge in [-0.25, -0.2) is 9.78 Å². The number of anilines is 2. The molecule has 0 radical (unpaired) electrons. The molecule has 1 aromatic carbocycles. The number of ether oxygens (including phenoxy) is 1. The Balaban J connectivity index is 1.81. The number of nitrogen functional groups attached to an aromatic ring is 2. The normalized spacial score (nSPS) is 11.6. The zero-order valence-electron chi connectivity index (χ0n) is 18.4. The van der Waals surface area contributed by atoms with Crippen molar-refractivity contribution >= 4 is 44.6 Å². The molecule has 0 aliphatic carbocycles. The third-order valence-electron chi connectivity index (χ3n) is 5.09. The van der Waals surface area contributed by atoms with Crippen LogP contribution in [0.15, 0.2) is 38.6 Å². The predicted molar refractivity (Wildman–Crippen MR) is 126 cm³/mol. The molecule has 34 heavy (non-hydrogen) atoms. The molecular formula is C22H21N7O4S. The van der Waals surface area contributed by atoms with Gasteiger partial charge in [0.1, 0.15) is 28.0 Å². The Bertz CT molecular complexity index is 1490. The smallest absolute Gasteiger partial charge is 0.435 e. The molecule has 4 rings (SSSR count). The monoisotopic (exact) mass is 479 g/mol. The number of nitriles is 1. The molecule has 0 saturated heterocycles. The highest BCUT2D eigenvalue weighted by atomic mass is 32.1. The van der Waals surface area contributed by atoms with Gasteiger partial charge in [0.15, 0.2) is 7.05 Å². The van der Waals surface area contributed by atoms with Gasteiger partial charge in [0.2, 0.25) is 0 Å². The van der Waals surface area contributed by atoms with Gasteiger partial charge in [0, 0.05) is 5.90 Å². The molecule has 3 heterocycles. The lowest BCUT2D eigenvalue weighted by atomic mass is 10.0. The minimum absolute atomic E-state index is 0.0229. The first-order valence-corrected chi connectivity index (χ1v) is 11.2. The van der Waals surface area contributed by atoms with Gasteiger partial charge in [-0.2, -0.15) is 5.26 Å². The number of nitrogens with one attached hydrogen (secondary N) is 1. The van der Waals surface area contributed by atoms with Crippen LogP contribution in [0.25, 0.3) is 21.5 Å². The van der Waals surface area contributed by atoms with Crippen LogP contribution in [0.1, 0.15) is 30.2 Å². The van der Waals surface area contributed by atoms with Crippen LogP contribution in [0.4, 0.5) is 17.2 Å². The van der Waals surface area contributed by atoms with Gasteiger partial charge in [-0.3, -0.25) is 9.52 Å². The third-order valence-corrected chi connectivity index (χ3v) is 6.17. The van der Waals surface area contributed by atoms with Crippen molar-refractivity contribution in [1.82, 2.24) is 10.3 Å². The number of benzene rings is 1. The molecule has 0 aliphatic heterocycles. The van der Waals surface area contributed by atoms with E-state index < -0.39 is 11.5 Å². The van der Waals surface area contributed by atoms with Crippen molar-refractivity contribution in [1.29, 1.82) is 5.26 Å². The van der Waals surface area contributed by atoms with Gasteiger partial charge in [0.05, 0.1) is 33.8 Å². The third kappa shape index (κ3) is 4.04. The standard InChI is InChI=1S/C22H21N7O4S/c1-3-4-9-32-12-7-5-11(6-8-12)26-20(30)18-16(24)15-14(17-22(31)33-28-29(17)2)13(10-23)19(25)27-21(15)34-18/h5-8H,3-4,9H2,1-2H3,(H5-,24,25,26,27,28,30,31). The van der Waals surface area contributed by atoms with Gasteiger partial charge >= 0.3 is 11.3 Å². The van der Waals surface area contributed by atoms with E-state index in [4.69, 9.17) is 20.7 Å². The van der Waals surface area contributed by atoms with E-state index in [1.807, 2.05) is 6.07 Å². The summed E-state index contributed by atoms with van der Waals surface area (Å²) in [6.07, 6.45) is 1.98. The van der Waals surface area contributed by atoms with E-state index in [9.17, 15) is 15.2 Å². The fourth-order valence-corrected chi connectivity index (χ4v) is 4.41. The Morgan fingerprint density at radius 2 is 2.12 bits per heavy atom. The molecule has 0 amide bonds. The summed E-state index contributed by atoms with van der Waals surface area (Å²) in [5.74, 6) is 0.00267. The summed E-state index contributed by atoms with van der Waals surface area (Å²) in [5, 5.41) is 25.3. The second-order valence-corrected chi connectivity index (χ2v) is 8.38. The molecule has 0 spiro atoms. The second-order valence-electron chi connectivity index (χ2n) is 7.39. The zero-order chi connectivity index (χ0) is 24.4. The van der Waals surface area contributed by atoms with Crippen molar-refractivity contribution in [2.24, 2.45) is 12.0 Å². The molecule has 3 aromatic heterocycles. The van der Waals surface area contributed by atoms with Gasteiger partial charge < -0.3 is 21.3 Å². The maximum Gasteiger partial charge on any atom is 0.435 e. The highest BCUT2D eigenvalue weighted by molar-refractivity contribution is 7.21. The predicted octanol–water partition coefficient (Wildman–Crippen LogP) is 1.72. The fraction of sp³-hybridized carbons (Fsp3) is 0.227. The maximum atomic E-state index is 13.0. The summed E-state index contributed by atoms with van der Waals surface area (Å²) < 4.78 is 11.7. The molecule has 4 aromatic rings. The lowest BCUT2D eigenvalue weighted by Crippen LogP contribution is -2.34. The molecule has 174 valence electrons. The molecule has 0 bridgehead atoms. The van der Waals surface area contributed by atoms with Crippen molar-refractivity contribution < 1.29 is 19.0 Å². The van der Waals surface area contributed by atoms with Crippen LogP contribution in [-0.4, -0.2) is 22.8 Å². The minimum Gasteiger partial charge on any atom is -0.858 e. The van der Waals surface area contributed by atoms with Gasteiger partial charge in [-0.1, -0.05) is 18.0 Å². The Morgan fingerprint density at radius 1 is 1.38 bits per heavy atom. The lowest BCUT2D eigenvalue weighted by Gasteiger charge is -2.10. The molecular weight excluding hydrogens is 458 g/mol. The van der Waals surface area contributed by atoms with Crippen molar-refractivity contribution in [3.05, 3.63) is 45.1 Å². The van der Waals surface area contributed by atoms with Crippen LogP contribution in [-0.2, 0) is 7.05 Å². The molecule has 0 atom stereocenters. The molecule has 0 fully saturated rings. The number of thiophene rings is 1. The molecule has 12 heteroatoms. The molecule has 0 unspecified atom stereocenters. The summed E-state index contributed by atoms with van der Waals surface area (Å²) in [6, 6.07) is 8.77. The summed E-state index contributed by atoms with van der Waals surface area (Å²) in [6.45, 7) is 2.70. The number of unbranched alkanes of at least 4 members (excludes halogenated alkanes) is 1. The summed E-state index contributed by atoms with van der Waals surface area (Å²) >= 11 is 0.979. The average molecular weight is 480 g/mol. The number of pyridine rings is 1. The van der Waals surface area contributed by atoms with Crippen LogP contribution < -0.4 is 31.6 Å². The van der Waals surface area contributed by atoms with Gasteiger partial charge in [-0.05, 0) is 36.0 Å². The van der Waals surface area contributed by atoms with Crippen molar-refractivity contribution in [3.8, 4) is 23.1 Å². The van der Waals surface area contributed by atoms with Crippen molar-refractivity contribution in [2.45, 2.75) is 19.8 Å². The number of rotatable bonds is 7. The van der Waals surface area contributed by atoms with E-state index in [1.54, 1.807) is 24.3 Å². The summed E-state index contributed by atoms with van der Waals surface area (Å²) in [5.41, 5.74) is 12.2. The van der Waals surface area contributed by atoms with E-state index in [0.29, 0.717) is 22.9 Å². The highest BCUT2D eigenvalue weighted by Gasteiger charge is 2.31. The van der Waals surface area contributed by atoms with E-state index in [1.165, 1.54) is 11.7 Å². The highest BCUT2D eigenvalue weighted by Crippen LogP contribution is 2.41. The van der Waals surface area contributed by atoms with E-state index in [0.717, 1.165) is 24.2 Å². The Kier molecular flexibility index (Phi) is 6.20. The number of nitrogens with zero attached hydrogens (tertiary/aromatic N) is 4. The first kappa shape index (κ1) is 22.8. The SMILES string of the molecule is CCCCOc1ccc(N=C([O-])c2sc3nc(N)c(C#N)c(-c4c(=O)o[nH][n+]4C)c3c2N)cc1. The van der Waals surface area contributed by atoms with E-state index in [2.05, 4.69) is 22.2 Å². The number of aromatic nitrogens is 3. The Labute approximate surface area is 197 Å². The topological polar surface area (TPSA) is 183 Å². The molecule has 11 nitrogen and oxygen atoms in total. The Hall–Kier alpha value is -4.37. The van der Waals surface area contributed by atoms with Gasteiger partial charge in [-0.15, -0.1) is 11.3 Å². The fourth-order valence-electron chi connectivity index (χ4n) is 3.41. The van der Waals surface area contributed by atoms with Crippen LogP contribution in [0.2, 0.25) is 0 Å². The number of hydrogen-bond acceptors (Lipinski definition) is 10. The lowest BCUT2D eigenvalue weighted by molar-refractivity contribution is -0.730. The molecule has 0 saturated carbocycles. The number of aromatic amines is 1. The van der Waals surface area contributed by atoms with Crippen LogP contribution in [0, 0.1) is 11.3 Å². The van der Waals surface area contributed by atoms with Crippen molar-refractivity contribution in [3.63, 3.8) is 0 Å². The number of H-pyrrole nitrogens is 1. The molecule has 0 aliphatic rings. The van der Waals surface area contributed by atoms with Crippen LogP contribution >= 0.6 is 11.3 Å². The minimum atomic E-state index is -0.727. The quantitative estimate of drug-likeness (QED) is 0.155. The first-order valence-electron chi connectivity index (χ1n) is 10.3. The first-order chi connectivity index (χ1) is 16.3. The van der Waals surface area contributed by atoms with E-state index >= 15 is 0 Å². The summed E-state index contributed by atoms with van der Waals surface area (Å²) in [4.78, 5) is 21.1. The summed E-state index contributed by atoms with van der Waals surface area (Å²) in [7, 11) is 1.53. The molecule has 5 N–H and O–H groups in total. The maximum absolute atomic E-state index is 13.0. The van der Waals surface area contributed by atoms with E-state index in [-0.39, 0.29) is 38.6 Å².